The quantitative estimate of drug-likeness (QED) is 0.574. The van der Waals surface area contributed by atoms with Gasteiger partial charge in [-0.3, -0.25) is 14.9 Å². The van der Waals surface area contributed by atoms with Gasteiger partial charge in [0.15, 0.2) is 0 Å². The van der Waals surface area contributed by atoms with Gasteiger partial charge in [-0.05, 0) is 36.2 Å². The lowest BCUT2D eigenvalue weighted by Crippen LogP contribution is -2.47. The molecule has 3 aromatic rings. The van der Waals surface area contributed by atoms with Gasteiger partial charge in [0.25, 0.3) is 5.91 Å². The summed E-state index contributed by atoms with van der Waals surface area (Å²) in [5.41, 5.74) is 3.05. The molecule has 2 atom stereocenters. The molecule has 3 rings (SSSR count). The van der Waals surface area contributed by atoms with Crippen LogP contribution in [0, 0.1) is 5.92 Å². The molecule has 3 N–H and O–H groups in total. The number of nitrogens with zero attached hydrogens (tertiary/aromatic N) is 2. The lowest BCUT2D eigenvalue weighted by atomic mass is 9.98. The maximum Gasteiger partial charge on any atom is 0.252 e. The highest BCUT2D eigenvalue weighted by molar-refractivity contribution is 6.01. The van der Waals surface area contributed by atoms with Gasteiger partial charge in [0.1, 0.15) is 6.04 Å². The Balaban J connectivity index is 1.77. The van der Waals surface area contributed by atoms with Crippen LogP contribution in [0.5, 0.6) is 0 Å². The van der Waals surface area contributed by atoms with Crippen molar-refractivity contribution in [3.8, 4) is 0 Å². The van der Waals surface area contributed by atoms with Crippen LogP contribution in [-0.4, -0.2) is 41.9 Å². The number of carbonyl (C=O) groups excluding carboxylic acids is 2. The number of anilines is 2. The van der Waals surface area contributed by atoms with Gasteiger partial charge in [-0.15, -0.1) is 0 Å². The summed E-state index contributed by atoms with van der Waals surface area (Å²) in [4.78, 5) is 35.1. The van der Waals surface area contributed by atoms with Crippen LogP contribution < -0.4 is 15.5 Å². The third-order valence-corrected chi connectivity index (χ3v) is 5.04. The molecule has 0 bridgehead atoms. The second-order valence-electron chi connectivity index (χ2n) is 7.37. The molecule has 0 spiro atoms. The Bertz CT molecular complexity index is 978. The molecule has 2 aromatic carbocycles. The van der Waals surface area contributed by atoms with E-state index in [1.165, 1.54) is 0 Å². The molecule has 7 heteroatoms. The Morgan fingerprint density at radius 3 is 2.59 bits per heavy atom. The zero-order valence-electron chi connectivity index (χ0n) is 17.2. The summed E-state index contributed by atoms with van der Waals surface area (Å²) in [6, 6.07) is 14.2. The summed E-state index contributed by atoms with van der Waals surface area (Å²) >= 11 is 0. The second kappa shape index (κ2) is 8.77. The number of benzene rings is 2. The molecule has 1 heterocycles. The number of imidazole rings is 1. The lowest BCUT2D eigenvalue weighted by Gasteiger charge is -2.23. The zero-order chi connectivity index (χ0) is 21.0. The van der Waals surface area contributed by atoms with Gasteiger partial charge in [-0.2, -0.15) is 0 Å². The van der Waals surface area contributed by atoms with E-state index in [9.17, 15) is 9.59 Å². The number of fused-ring (bicyclic) bond motifs is 1. The minimum atomic E-state index is -0.677. The van der Waals surface area contributed by atoms with E-state index in [0.717, 1.165) is 23.1 Å². The number of nitrogens with one attached hydrogen (secondary N) is 3. The lowest BCUT2D eigenvalue weighted by molar-refractivity contribution is -0.119. The highest BCUT2D eigenvalue weighted by Gasteiger charge is 2.27. The molecule has 7 nitrogen and oxygen atoms in total. The highest BCUT2D eigenvalue weighted by atomic mass is 16.2. The summed E-state index contributed by atoms with van der Waals surface area (Å²) in [6.45, 7) is 3.93. The molecule has 0 unspecified atom stereocenters. The van der Waals surface area contributed by atoms with Crippen molar-refractivity contribution in [2.24, 2.45) is 5.92 Å². The molecule has 0 fully saturated rings. The first kappa shape index (κ1) is 20.4. The van der Waals surface area contributed by atoms with Crippen molar-refractivity contribution in [1.29, 1.82) is 0 Å². The number of hydrogen-bond acceptors (Lipinski definition) is 4. The summed E-state index contributed by atoms with van der Waals surface area (Å²) in [5.74, 6) is -0.247. The van der Waals surface area contributed by atoms with Crippen LogP contribution in [-0.2, 0) is 4.79 Å². The molecular weight excluding hydrogens is 366 g/mol. The number of rotatable bonds is 7. The van der Waals surface area contributed by atoms with Gasteiger partial charge in [0.2, 0.25) is 11.9 Å². The van der Waals surface area contributed by atoms with Crippen LogP contribution >= 0.6 is 0 Å². The van der Waals surface area contributed by atoms with Gasteiger partial charge in [-0.25, -0.2) is 4.98 Å². The van der Waals surface area contributed by atoms with Crippen molar-refractivity contribution >= 4 is 34.5 Å². The maximum absolute atomic E-state index is 12.9. The maximum atomic E-state index is 12.9. The largest absolute Gasteiger partial charge is 0.378 e. The third-order valence-electron chi connectivity index (χ3n) is 5.04. The predicted octanol–water partition coefficient (Wildman–Crippen LogP) is 3.41. The first-order valence-electron chi connectivity index (χ1n) is 9.73. The van der Waals surface area contributed by atoms with Crippen LogP contribution in [0.1, 0.15) is 30.6 Å². The number of H-pyrrole nitrogens is 1. The minimum Gasteiger partial charge on any atom is -0.378 e. The Labute approximate surface area is 170 Å². The zero-order valence-corrected chi connectivity index (χ0v) is 17.2. The van der Waals surface area contributed by atoms with Gasteiger partial charge in [-0.1, -0.05) is 38.5 Å². The summed E-state index contributed by atoms with van der Waals surface area (Å²) in [5, 5.41) is 5.70. The number of carbonyl (C=O) groups is 2. The standard InChI is InChI=1S/C22H27N5O2/c1-5-14(2)19(25-20(28)15-9-8-10-16(13-15)27(3)4)21(29)26-22-23-17-11-6-7-12-18(17)24-22/h6-14,19H,5H2,1-4H3,(H,25,28)(H2,23,24,26,29)/t14-,19-/m1/s1. The molecule has 152 valence electrons. The Morgan fingerprint density at radius 1 is 1.14 bits per heavy atom. The molecule has 0 aliphatic heterocycles. The fraction of sp³-hybridized carbons (Fsp3) is 0.318. The summed E-state index contributed by atoms with van der Waals surface area (Å²) < 4.78 is 0. The van der Waals surface area contributed by atoms with Crippen molar-refractivity contribution < 1.29 is 9.59 Å². The fourth-order valence-electron chi connectivity index (χ4n) is 3.06. The predicted molar refractivity (Wildman–Crippen MR) is 116 cm³/mol. The van der Waals surface area contributed by atoms with Gasteiger partial charge < -0.3 is 15.2 Å². The van der Waals surface area contributed by atoms with Gasteiger partial charge >= 0.3 is 0 Å². The Hall–Kier alpha value is -3.35. The van der Waals surface area contributed by atoms with E-state index in [2.05, 4.69) is 20.6 Å². The monoisotopic (exact) mass is 393 g/mol. The number of aromatic amines is 1. The average Bonchev–Trinajstić information content (AvgIpc) is 3.13. The molecule has 1 aromatic heterocycles. The number of para-hydroxylation sites is 2. The van der Waals surface area contributed by atoms with Crippen LogP contribution in [0.2, 0.25) is 0 Å². The first-order chi connectivity index (χ1) is 13.9. The van der Waals surface area contributed by atoms with Crippen molar-refractivity contribution in [2.75, 3.05) is 24.3 Å². The van der Waals surface area contributed by atoms with E-state index in [-0.39, 0.29) is 17.7 Å². The van der Waals surface area contributed by atoms with E-state index in [0.29, 0.717) is 11.5 Å². The molecular formula is C22H27N5O2. The molecule has 0 aliphatic rings. The Kier molecular flexibility index (Phi) is 6.16. The van der Waals surface area contributed by atoms with Gasteiger partial charge in [0, 0.05) is 25.3 Å². The topological polar surface area (TPSA) is 90.1 Å². The molecule has 29 heavy (non-hydrogen) atoms. The van der Waals surface area contributed by atoms with E-state index in [1.807, 2.05) is 69.2 Å². The van der Waals surface area contributed by atoms with Gasteiger partial charge in [0.05, 0.1) is 11.0 Å². The summed E-state index contributed by atoms with van der Waals surface area (Å²) in [7, 11) is 3.83. The third kappa shape index (κ3) is 4.74. The average molecular weight is 393 g/mol. The van der Waals surface area contributed by atoms with Crippen LogP contribution in [0.3, 0.4) is 0 Å². The fourth-order valence-corrected chi connectivity index (χ4v) is 3.06. The Morgan fingerprint density at radius 2 is 1.90 bits per heavy atom. The van der Waals surface area contributed by atoms with E-state index in [4.69, 9.17) is 0 Å². The van der Waals surface area contributed by atoms with E-state index < -0.39 is 6.04 Å². The summed E-state index contributed by atoms with van der Waals surface area (Å²) in [6.07, 6.45) is 0.746. The molecule has 0 saturated heterocycles. The first-order valence-corrected chi connectivity index (χ1v) is 9.73. The van der Waals surface area contributed by atoms with E-state index in [1.54, 1.807) is 12.1 Å². The van der Waals surface area contributed by atoms with Crippen LogP contribution in [0.25, 0.3) is 11.0 Å². The minimum absolute atomic E-state index is 0.0413. The molecule has 0 radical (unpaired) electrons. The second-order valence-corrected chi connectivity index (χ2v) is 7.37. The van der Waals surface area contributed by atoms with Crippen molar-refractivity contribution in [3.05, 3.63) is 54.1 Å². The van der Waals surface area contributed by atoms with E-state index >= 15 is 0 Å². The van der Waals surface area contributed by atoms with Crippen molar-refractivity contribution in [2.45, 2.75) is 26.3 Å². The molecule has 0 aliphatic carbocycles. The van der Waals surface area contributed by atoms with Crippen molar-refractivity contribution in [3.63, 3.8) is 0 Å². The SMILES string of the molecule is CC[C@@H](C)[C@@H](NC(=O)c1cccc(N(C)C)c1)C(=O)Nc1nc2ccccc2[nH]1. The van der Waals surface area contributed by atoms with Crippen LogP contribution in [0.4, 0.5) is 11.6 Å². The number of hydrogen-bond donors (Lipinski definition) is 3. The smallest absolute Gasteiger partial charge is 0.252 e. The van der Waals surface area contributed by atoms with Crippen molar-refractivity contribution in [1.82, 2.24) is 15.3 Å². The molecule has 2 amide bonds. The number of aromatic nitrogens is 2. The van der Waals surface area contributed by atoms with Crippen LogP contribution in [0.15, 0.2) is 48.5 Å². The normalized spacial score (nSPS) is 13.0. The molecule has 0 saturated carbocycles. The number of amides is 2. The highest BCUT2D eigenvalue weighted by Crippen LogP contribution is 2.17.